The number of aliphatic carboxylic acids is 1. The van der Waals surface area contributed by atoms with Crippen LogP contribution in [0.15, 0.2) is 47.2 Å². The van der Waals surface area contributed by atoms with Crippen LogP contribution in [0.1, 0.15) is 26.2 Å². The van der Waals surface area contributed by atoms with Gasteiger partial charge in [0.2, 0.25) is 0 Å². The Kier molecular flexibility index (Phi) is 3.87. The predicted octanol–water partition coefficient (Wildman–Crippen LogP) is 2.90. The van der Waals surface area contributed by atoms with Crippen molar-refractivity contribution in [2.45, 2.75) is 26.2 Å². The maximum atomic E-state index is 10.9. The molecule has 0 atom stereocenters. The standard InChI is InChI=1S/C14H16O4/c1-2-3-6-18-13-9-17-8-11-7-10(14(15)16)4-5-12(11)13/h5,7-9H,2-4,6H2,1H3,(H,15,16). The number of unbranched alkanes of at least 4 members (excludes halogenated alkanes) is 1. The summed E-state index contributed by atoms with van der Waals surface area (Å²) in [7, 11) is 0. The molecule has 4 nitrogen and oxygen atoms in total. The van der Waals surface area contributed by atoms with Gasteiger partial charge in [-0.3, -0.25) is 0 Å². The fourth-order valence-electron chi connectivity index (χ4n) is 1.81. The van der Waals surface area contributed by atoms with E-state index >= 15 is 0 Å². The second-order valence-corrected chi connectivity index (χ2v) is 4.19. The zero-order valence-corrected chi connectivity index (χ0v) is 10.3. The molecule has 0 aromatic rings. The summed E-state index contributed by atoms with van der Waals surface area (Å²) in [5.41, 5.74) is 2.04. The number of fused-ring (bicyclic) bond motifs is 1. The van der Waals surface area contributed by atoms with Crippen LogP contribution in [0.2, 0.25) is 0 Å². The van der Waals surface area contributed by atoms with Crippen LogP contribution in [0.4, 0.5) is 0 Å². The molecule has 1 aliphatic carbocycles. The minimum absolute atomic E-state index is 0.364. The normalized spacial score (nSPS) is 17.6. The first-order valence-corrected chi connectivity index (χ1v) is 6.05. The summed E-state index contributed by atoms with van der Waals surface area (Å²) in [5.74, 6) is -0.212. The Morgan fingerprint density at radius 2 is 2.33 bits per heavy atom. The molecule has 1 heterocycles. The van der Waals surface area contributed by atoms with E-state index in [1.54, 1.807) is 18.6 Å². The highest BCUT2D eigenvalue weighted by Gasteiger charge is 2.21. The number of hydrogen-bond donors (Lipinski definition) is 1. The number of carboxylic acid groups (broad SMARTS) is 1. The maximum Gasteiger partial charge on any atom is 0.331 e. The Hall–Kier alpha value is -1.97. The monoisotopic (exact) mass is 248 g/mol. The van der Waals surface area contributed by atoms with E-state index in [0.717, 1.165) is 24.0 Å². The summed E-state index contributed by atoms with van der Waals surface area (Å²) in [5, 5.41) is 8.96. The van der Waals surface area contributed by atoms with Crippen molar-refractivity contribution in [2.24, 2.45) is 0 Å². The predicted molar refractivity (Wildman–Crippen MR) is 66.5 cm³/mol. The van der Waals surface area contributed by atoms with Gasteiger partial charge in [-0.25, -0.2) is 4.79 Å². The van der Waals surface area contributed by atoms with E-state index in [9.17, 15) is 4.79 Å². The summed E-state index contributed by atoms with van der Waals surface area (Å²) in [4.78, 5) is 10.9. The number of ether oxygens (including phenoxy) is 2. The fourth-order valence-corrected chi connectivity index (χ4v) is 1.81. The van der Waals surface area contributed by atoms with Gasteiger partial charge in [0.1, 0.15) is 6.26 Å². The van der Waals surface area contributed by atoms with Gasteiger partial charge in [-0.1, -0.05) is 19.4 Å². The van der Waals surface area contributed by atoms with E-state index in [4.69, 9.17) is 14.6 Å². The average molecular weight is 248 g/mol. The van der Waals surface area contributed by atoms with Crippen molar-refractivity contribution in [3.05, 3.63) is 47.2 Å². The summed E-state index contributed by atoms with van der Waals surface area (Å²) >= 11 is 0. The zero-order chi connectivity index (χ0) is 13.0. The van der Waals surface area contributed by atoms with E-state index in [-0.39, 0.29) is 0 Å². The first kappa shape index (κ1) is 12.5. The quantitative estimate of drug-likeness (QED) is 0.760. The molecule has 0 aromatic heterocycles. The van der Waals surface area contributed by atoms with Crippen molar-refractivity contribution in [3.63, 3.8) is 0 Å². The lowest BCUT2D eigenvalue weighted by Crippen LogP contribution is -2.10. The van der Waals surface area contributed by atoms with Crippen molar-refractivity contribution in [1.29, 1.82) is 0 Å². The Balaban J connectivity index is 2.08. The number of carbonyl (C=O) groups is 1. The summed E-state index contributed by atoms with van der Waals surface area (Å²) in [6.45, 7) is 2.74. The van der Waals surface area contributed by atoms with Crippen molar-refractivity contribution >= 4 is 5.97 Å². The number of allylic oxidation sites excluding steroid dienone is 3. The van der Waals surface area contributed by atoms with Crippen LogP contribution in [0.5, 0.6) is 0 Å². The molecule has 96 valence electrons. The van der Waals surface area contributed by atoms with Crippen LogP contribution >= 0.6 is 0 Å². The maximum absolute atomic E-state index is 10.9. The zero-order valence-electron chi connectivity index (χ0n) is 10.3. The molecule has 0 spiro atoms. The molecule has 4 heteroatoms. The highest BCUT2D eigenvalue weighted by molar-refractivity contribution is 5.88. The van der Waals surface area contributed by atoms with Crippen LogP contribution in [-0.4, -0.2) is 17.7 Å². The smallest absolute Gasteiger partial charge is 0.331 e. The van der Waals surface area contributed by atoms with Crippen molar-refractivity contribution in [3.8, 4) is 0 Å². The summed E-state index contributed by atoms with van der Waals surface area (Å²) in [6.07, 6.45) is 9.07. The van der Waals surface area contributed by atoms with Crippen molar-refractivity contribution in [1.82, 2.24) is 0 Å². The SMILES string of the molecule is CCCCOC1=COC=C2C=C(C(=O)O)CC=C21. The second kappa shape index (κ2) is 5.58. The molecular weight excluding hydrogens is 232 g/mol. The summed E-state index contributed by atoms with van der Waals surface area (Å²) < 4.78 is 10.8. The molecule has 1 N–H and O–H groups in total. The highest BCUT2D eigenvalue weighted by atomic mass is 16.5. The lowest BCUT2D eigenvalue weighted by molar-refractivity contribution is -0.132. The van der Waals surface area contributed by atoms with Gasteiger partial charge >= 0.3 is 5.97 Å². The second-order valence-electron chi connectivity index (χ2n) is 4.19. The molecule has 2 aliphatic rings. The average Bonchev–Trinajstić information content (AvgIpc) is 2.38. The van der Waals surface area contributed by atoms with Crippen LogP contribution in [-0.2, 0) is 14.3 Å². The molecule has 0 saturated heterocycles. The van der Waals surface area contributed by atoms with Crippen LogP contribution < -0.4 is 0 Å². The Morgan fingerprint density at radius 3 is 3.06 bits per heavy atom. The van der Waals surface area contributed by atoms with Gasteiger partial charge < -0.3 is 14.6 Å². The third-order valence-corrected chi connectivity index (χ3v) is 2.83. The van der Waals surface area contributed by atoms with Gasteiger partial charge in [0.05, 0.1) is 12.9 Å². The largest absolute Gasteiger partial charge is 0.490 e. The van der Waals surface area contributed by atoms with Crippen LogP contribution in [0.25, 0.3) is 0 Å². The Bertz CT molecular complexity index is 466. The van der Waals surface area contributed by atoms with Crippen LogP contribution in [0, 0.1) is 0 Å². The van der Waals surface area contributed by atoms with Crippen molar-refractivity contribution < 1.29 is 19.4 Å². The van der Waals surface area contributed by atoms with Crippen molar-refractivity contribution in [2.75, 3.05) is 6.61 Å². The molecule has 0 bridgehead atoms. The van der Waals surface area contributed by atoms with Gasteiger partial charge in [-0.2, -0.15) is 0 Å². The minimum atomic E-state index is -0.894. The number of rotatable bonds is 5. The first-order valence-electron chi connectivity index (χ1n) is 6.05. The topological polar surface area (TPSA) is 55.8 Å². The fraction of sp³-hybridized carbons (Fsp3) is 0.357. The van der Waals surface area contributed by atoms with E-state index in [1.165, 1.54) is 0 Å². The van der Waals surface area contributed by atoms with E-state index in [0.29, 0.717) is 24.4 Å². The third-order valence-electron chi connectivity index (χ3n) is 2.83. The molecule has 0 aromatic carbocycles. The van der Waals surface area contributed by atoms with Gasteiger partial charge in [0.15, 0.2) is 5.76 Å². The molecule has 0 radical (unpaired) electrons. The minimum Gasteiger partial charge on any atom is -0.490 e. The van der Waals surface area contributed by atoms with E-state index in [1.807, 2.05) is 6.08 Å². The van der Waals surface area contributed by atoms with E-state index in [2.05, 4.69) is 6.92 Å². The molecule has 0 unspecified atom stereocenters. The highest BCUT2D eigenvalue weighted by Crippen LogP contribution is 2.31. The molecule has 0 saturated carbocycles. The van der Waals surface area contributed by atoms with Gasteiger partial charge in [-0.15, -0.1) is 0 Å². The molecule has 2 rings (SSSR count). The Labute approximate surface area is 106 Å². The molecule has 0 fully saturated rings. The molecular formula is C14H16O4. The first-order chi connectivity index (χ1) is 8.72. The number of hydrogen-bond acceptors (Lipinski definition) is 3. The lowest BCUT2D eigenvalue weighted by atomic mass is 9.93. The van der Waals surface area contributed by atoms with Crippen LogP contribution in [0.3, 0.4) is 0 Å². The molecule has 18 heavy (non-hydrogen) atoms. The lowest BCUT2D eigenvalue weighted by Gasteiger charge is -2.21. The summed E-state index contributed by atoms with van der Waals surface area (Å²) in [6, 6.07) is 0. The Morgan fingerprint density at radius 1 is 1.50 bits per heavy atom. The third kappa shape index (κ3) is 2.64. The van der Waals surface area contributed by atoms with E-state index < -0.39 is 5.97 Å². The van der Waals surface area contributed by atoms with Gasteiger partial charge in [-0.05, 0) is 18.9 Å². The van der Waals surface area contributed by atoms with Gasteiger partial charge in [0, 0.05) is 16.7 Å². The molecule has 0 amide bonds. The van der Waals surface area contributed by atoms with Gasteiger partial charge in [0.25, 0.3) is 0 Å². The number of carboxylic acids is 1. The molecule has 1 aliphatic heterocycles.